The van der Waals surface area contributed by atoms with Crippen LogP contribution in [0, 0.1) is 6.92 Å². The molecule has 5 heteroatoms. The monoisotopic (exact) mass is 386 g/mol. The van der Waals surface area contributed by atoms with Crippen LogP contribution in [0.1, 0.15) is 21.5 Å². The van der Waals surface area contributed by atoms with Crippen LogP contribution in [0.25, 0.3) is 0 Å². The molecule has 0 bridgehead atoms. The molecule has 1 fully saturated rings. The third-order valence-electron chi connectivity index (χ3n) is 4.72. The van der Waals surface area contributed by atoms with E-state index in [0.29, 0.717) is 0 Å². The Morgan fingerprint density at radius 2 is 1.88 bits per heavy atom. The molecular weight excluding hydrogens is 360 g/mol. The molecule has 2 aromatic carbocycles. The molecule has 0 atom stereocenters. The van der Waals surface area contributed by atoms with Crippen molar-refractivity contribution in [3.8, 4) is 0 Å². The van der Waals surface area contributed by atoms with Gasteiger partial charge in [-0.3, -0.25) is 4.79 Å². The van der Waals surface area contributed by atoms with Crippen molar-refractivity contribution in [2.45, 2.75) is 18.2 Å². The van der Waals surface area contributed by atoms with Crippen molar-refractivity contribution in [2.75, 3.05) is 42.7 Å². The molecule has 1 aliphatic heterocycles. The molecule has 3 rings (SSSR count). The normalized spacial score (nSPS) is 15.0. The van der Waals surface area contributed by atoms with Crippen molar-refractivity contribution < 1.29 is 4.79 Å². The summed E-state index contributed by atoms with van der Waals surface area (Å²) < 4.78 is 0. The SMILES string of the molecule is CSc1ccc(C)c(C(=O)Nc2ccc(CCN3CCSCC3)cc2)c1. The smallest absolute Gasteiger partial charge is 0.255 e. The zero-order chi connectivity index (χ0) is 18.4. The van der Waals surface area contributed by atoms with Gasteiger partial charge in [0.25, 0.3) is 5.91 Å². The molecule has 0 unspecified atom stereocenters. The van der Waals surface area contributed by atoms with Gasteiger partial charge >= 0.3 is 0 Å². The van der Waals surface area contributed by atoms with Crippen LogP contribution in [0.4, 0.5) is 5.69 Å². The van der Waals surface area contributed by atoms with Gasteiger partial charge in [0.05, 0.1) is 0 Å². The van der Waals surface area contributed by atoms with Crippen molar-refractivity contribution >= 4 is 35.1 Å². The zero-order valence-corrected chi connectivity index (χ0v) is 17.1. The molecule has 0 aliphatic carbocycles. The predicted molar refractivity (Wildman–Crippen MR) is 115 cm³/mol. The van der Waals surface area contributed by atoms with E-state index in [2.05, 4.69) is 22.3 Å². The lowest BCUT2D eigenvalue weighted by molar-refractivity contribution is 0.102. The number of anilines is 1. The quantitative estimate of drug-likeness (QED) is 0.738. The van der Waals surface area contributed by atoms with Gasteiger partial charge in [0.1, 0.15) is 0 Å². The molecule has 0 saturated carbocycles. The summed E-state index contributed by atoms with van der Waals surface area (Å²) in [4.78, 5) is 16.2. The van der Waals surface area contributed by atoms with E-state index in [-0.39, 0.29) is 5.91 Å². The summed E-state index contributed by atoms with van der Waals surface area (Å²) >= 11 is 3.70. The van der Waals surface area contributed by atoms with E-state index in [1.165, 1.54) is 30.2 Å². The minimum absolute atomic E-state index is 0.0445. The van der Waals surface area contributed by atoms with Gasteiger partial charge < -0.3 is 10.2 Å². The van der Waals surface area contributed by atoms with Crippen LogP contribution in [0.2, 0.25) is 0 Å². The van der Waals surface area contributed by atoms with Crippen molar-refractivity contribution in [3.05, 3.63) is 59.2 Å². The first-order chi connectivity index (χ1) is 12.7. The molecule has 1 N–H and O–H groups in total. The van der Waals surface area contributed by atoms with Crippen LogP contribution < -0.4 is 5.32 Å². The molecule has 0 radical (unpaired) electrons. The number of nitrogens with one attached hydrogen (secondary N) is 1. The molecule has 138 valence electrons. The Balaban J connectivity index is 1.57. The minimum atomic E-state index is -0.0445. The number of aryl methyl sites for hydroxylation is 1. The summed E-state index contributed by atoms with van der Waals surface area (Å²) in [6.45, 7) is 5.49. The molecule has 1 heterocycles. The Labute approximate surface area is 164 Å². The van der Waals surface area contributed by atoms with E-state index in [1.54, 1.807) is 11.8 Å². The standard InChI is InChI=1S/C21H26N2OS2/c1-16-3-8-19(25-2)15-20(16)21(24)22-18-6-4-17(5-7-18)9-10-23-11-13-26-14-12-23/h3-8,15H,9-14H2,1-2H3,(H,22,24). The first-order valence-corrected chi connectivity index (χ1v) is 11.4. The number of benzene rings is 2. The van der Waals surface area contributed by atoms with E-state index in [1.807, 2.05) is 55.3 Å². The molecular formula is C21H26N2OS2. The summed E-state index contributed by atoms with van der Waals surface area (Å²) in [7, 11) is 0. The number of rotatable bonds is 6. The van der Waals surface area contributed by atoms with Crippen molar-refractivity contribution in [1.82, 2.24) is 4.90 Å². The average Bonchev–Trinajstić information content (AvgIpc) is 2.68. The number of hydrogen-bond donors (Lipinski definition) is 1. The number of hydrogen-bond acceptors (Lipinski definition) is 4. The summed E-state index contributed by atoms with van der Waals surface area (Å²) in [6, 6.07) is 14.3. The molecule has 26 heavy (non-hydrogen) atoms. The van der Waals surface area contributed by atoms with Crippen LogP contribution in [-0.4, -0.2) is 48.2 Å². The minimum Gasteiger partial charge on any atom is -0.322 e. The zero-order valence-electron chi connectivity index (χ0n) is 15.5. The topological polar surface area (TPSA) is 32.3 Å². The van der Waals surface area contributed by atoms with Gasteiger partial charge in [0, 0.05) is 47.3 Å². The Morgan fingerprint density at radius 3 is 2.58 bits per heavy atom. The fraction of sp³-hybridized carbons (Fsp3) is 0.381. The van der Waals surface area contributed by atoms with Gasteiger partial charge in [-0.25, -0.2) is 0 Å². The van der Waals surface area contributed by atoms with E-state index < -0.39 is 0 Å². The second-order valence-corrected chi connectivity index (χ2v) is 8.64. The van der Waals surface area contributed by atoms with Gasteiger partial charge in [-0.15, -0.1) is 11.8 Å². The van der Waals surface area contributed by atoms with Gasteiger partial charge in [-0.1, -0.05) is 18.2 Å². The van der Waals surface area contributed by atoms with E-state index in [0.717, 1.165) is 34.7 Å². The molecule has 0 spiro atoms. The van der Waals surface area contributed by atoms with Crippen LogP contribution in [0.15, 0.2) is 47.4 Å². The lowest BCUT2D eigenvalue weighted by atomic mass is 10.1. The second-order valence-electron chi connectivity index (χ2n) is 6.54. The van der Waals surface area contributed by atoms with Gasteiger partial charge in [-0.05, 0) is 55.0 Å². The molecule has 1 saturated heterocycles. The Hall–Kier alpha value is -1.43. The summed E-state index contributed by atoms with van der Waals surface area (Å²) in [5.74, 6) is 2.46. The van der Waals surface area contributed by atoms with Crippen LogP contribution in [0.3, 0.4) is 0 Å². The number of amides is 1. The Bertz CT molecular complexity index is 740. The fourth-order valence-corrected chi connectivity index (χ4v) is 4.46. The summed E-state index contributed by atoms with van der Waals surface area (Å²) in [5.41, 5.74) is 3.91. The van der Waals surface area contributed by atoms with E-state index in [4.69, 9.17) is 0 Å². The molecule has 2 aromatic rings. The van der Waals surface area contributed by atoms with Crippen molar-refractivity contribution in [2.24, 2.45) is 0 Å². The van der Waals surface area contributed by atoms with Crippen LogP contribution in [-0.2, 0) is 6.42 Å². The third-order valence-corrected chi connectivity index (χ3v) is 6.39. The highest BCUT2D eigenvalue weighted by Crippen LogP contribution is 2.20. The van der Waals surface area contributed by atoms with Gasteiger partial charge in [0.2, 0.25) is 0 Å². The largest absolute Gasteiger partial charge is 0.322 e. The van der Waals surface area contributed by atoms with Crippen molar-refractivity contribution in [3.63, 3.8) is 0 Å². The second kappa shape index (κ2) is 9.49. The Morgan fingerprint density at radius 1 is 1.15 bits per heavy atom. The average molecular weight is 387 g/mol. The lowest BCUT2D eigenvalue weighted by Crippen LogP contribution is -2.34. The highest BCUT2D eigenvalue weighted by atomic mass is 32.2. The molecule has 0 aromatic heterocycles. The molecule has 1 aliphatic rings. The maximum atomic E-state index is 12.6. The predicted octanol–water partition coefficient (Wildman–Crippen LogP) is 4.56. The first-order valence-electron chi connectivity index (χ1n) is 9.01. The third kappa shape index (κ3) is 5.29. The Kier molecular flexibility index (Phi) is 7.06. The molecule has 3 nitrogen and oxygen atoms in total. The van der Waals surface area contributed by atoms with Crippen molar-refractivity contribution in [1.29, 1.82) is 0 Å². The van der Waals surface area contributed by atoms with Gasteiger partial charge in [-0.2, -0.15) is 11.8 Å². The summed E-state index contributed by atoms with van der Waals surface area (Å²) in [5, 5.41) is 3.02. The van der Waals surface area contributed by atoms with E-state index in [9.17, 15) is 4.79 Å². The highest BCUT2D eigenvalue weighted by Gasteiger charge is 2.11. The number of thioether (sulfide) groups is 2. The number of nitrogens with zero attached hydrogens (tertiary/aromatic N) is 1. The number of carbonyl (C=O) groups excluding carboxylic acids is 1. The van der Waals surface area contributed by atoms with Gasteiger partial charge in [0.15, 0.2) is 0 Å². The maximum absolute atomic E-state index is 12.6. The highest BCUT2D eigenvalue weighted by molar-refractivity contribution is 7.99. The first kappa shape index (κ1) is 19.3. The summed E-state index contributed by atoms with van der Waals surface area (Å²) in [6.07, 6.45) is 3.08. The van der Waals surface area contributed by atoms with Crippen LogP contribution in [0.5, 0.6) is 0 Å². The van der Waals surface area contributed by atoms with E-state index >= 15 is 0 Å². The fourth-order valence-electron chi connectivity index (χ4n) is 3.04. The number of carbonyl (C=O) groups is 1. The lowest BCUT2D eigenvalue weighted by Gasteiger charge is -2.26. The molecule has 1 amide bonds. The maximum Gasteiger partial charge on any atom is 0.255 e. The van der Waals surface area contributed by atoms with Crippen LogP contribution >= 0.6 is 23.5 Å².